The quantitative estimate of drug-likeness (QED) is 0.648. The third-order valence-corrected chi connectivity index (χ3v) is 2.21. The van der Waals surface area contributed by atoms with Crippen molar-refractivity contribution in [2.45, 2.75) is 13.5 Å². The molecule has 0 aliphatic rings. The largest absolute Gasteiger partial charge is 0.465 e. The molecule has 0 fully saturated rings. The third kappa shape index (κ3) is 2.60. The van der Waals surface area contributed by atoms with Gasteiger partial charge in [-0.25, -0.2) is 0 Å². The van der Waals surface area contributed by atoms with Crippen LogP contribution >= 0.6 is 0 Å². The van der Waals surface area contributed by atoms with Crippen LogP contribution in [0.3, 0.4) is 0 Å². The van der Waals surface area contributed by atoms with Crippen molar-refractivity contribution in [1.82, 2.24) is 4.98 Å². The highest BCUT2D eigenvalue weighted by Gasteiger charge is 2.13. The summed E-state index contributed by atoms with van der Waals surface area (Å²) in [7, 11) is 0. The molecule has 0 aliphatic heterocycles. The Kier molecular flexibility index (Phi) is 3.04. The molecule has 0 aliphatic carbocycles. The summed E-state index contributed by atoms with van der Waals surface area (Å²) in [4.78, 5) is 13.9. The van der Waals surface area contributed by atoms with Gasteiger partial charge in [0.15, 0.2) is 0 Å². The molecule has 2 rings (SSSR count). The minimum Gasteiger partial charge on any atom is -0.465 e. The molecule has 0 atom stereocenters. The number of furan rings is 1. The average Bonchev–Trinajstić information content (AvgIpc) is 2.73. The number of anilines is 1. The molecule has 0 radical (unpaired) electrons. The van der Waals surface area contributed by atoms with Gasteiger partial charge in [-0.3, -0.25) is 0 Å². The summed E-state index contributed by atoms with van der Waals surface area (Å²) >= 11 is 0. The molecule has 6 heteroatoms. The van der Waals surface area contributed by atoms with Crippen LogP contribution in [0.2, 0.25) is 0 Å². The van der Waals surface area contributed by atoms with Crippen LogP contribution in [0, 0.1) is 17.0 Å². The number of rotatable bonds is 4. The zero-order chi connectivity index (χ0) is 12.3. The van der Waals surface area contributed by atoms with Gasteiger partial charge in [0, 0.05) is 0 Å². The molecule has 0 spiro atoms. The molecule has 0 aromatic carbocycles. The van der Waals surface area contributed by atoms with Crippen LogP contribution in [-0.4, -0.2) is 9.91 Å². The van der Waals surface area contributed by atoms with Crippen molar-refractivity contribution < 1.29 is 9.34 Å². The highest BCUT2D eigenvalue weighted by atomic mass is 16.6. The van der Waals surface area contributed by atoms with Gasteiger partial charge in [0.25, 0.3) is 0 Å². The maximum Gasteiger partial charge on any atom is 0.386 e. The van der Waals surface area contributed by atoms with E-state index < -0.39 is 4.92 Å². The van der Waals surface area contributed by atoms with Crippen LogP contribution in [0.4, 0.5) is 11.5 Å². The summed E-state index contributed by atoms with van der Waals surface area (Å²) in [6.45, 7) is 2.23. The van der Waals surface area contributed by atoms with Gasteiger partial charge >= 0.3 is 5.82 Å². The van der Waals surface area contributed by atoms with Gasteiger partial charge in [0.2, 0.25) is 0 Å². The number of aromatic nitrogens is 1. The van der Waals surface area contributed by atoms with Crippen molar-refractivity contribution in [2.24, 2.45) is 0 Å². The molecule has 6 nitrogen and oxygen atoms in total. The Labute approximate surface area is 97.4 Å². The molecule has 0 saturated carbocycles. The van der Waals surface area contributed by atoms with E-state index in [1.54, 1.807) is 12.1 Å². The van der Waals surface area contributed by atoms with Gasteiger partial charge < -0.3 is 19.8 Å². The van der Waals surface area contributed by atoms with Crippen LogP contribution in [-0.2, 0) is 6.54 Å². The highest BCUT2D eigenvalue weighted by molar-refractivity contribution is 5.56. The van der Waals surface area contributed by atoms with E-state index in [2.05, 4.69) is 10.3 Å². The third-order valence-electron chi connectivity index (χ3n) is 2.21. The monoisotopic (exact) mass is 233 g/mol. The van der Waals surface area contributed by atoms with E-state index in [0.717, 1.165) is 11.5 Å². The maximum atomic E-state index is 10.7. The maximum absolute atomic E-state index is 10.7. The molecule has 0 unspecified atom stereocenters. The molecule has 2 aromatic heterocycles. The van der Waals surface area contributed by atoms with Crippen molar-refractivity contribution >= 4 is 11.5 Å². The number of nitrogens with one attached hydrogen (secondary N) is 1. The lowest BCUT2D eigenvalue weighted by molar-refractivity contribution is -0.388. The highest BCUT2D eigenvalue weighted by Crippen LogP contribution is 2.21. The molecule has 1 N–H and O–H groups in total. The molecule has 2 aromatic rings. The lowest BCUT2D eigenvalue weighted by Gasteiger charge is -2.04. The summed E-state index contributed by atoms with van der Waals surface area (Å²) in [5.74, 6) is 1.35. The Morgan fingerprint density at radius 3 is 2.94 bits per heavy atom. The number of nitrogens with zero attached hydrogens (tertiary/aromatic N) is 2. The molecule has 0 saturated heterocycles. The fourth-order valence-electron chi connectivity index (χ4n) is 1.44. The molecule has 0 amide bonds. The first kappa shape index (κ1) is 11.1. The lowest BCUT2D eigenvalue weighted by Crippen LogP contribution is -2.03. The number of aryl methyl sites for hydroxylation is 1. The van der Waals surface area contributed by atoms with Crippen molar-refractivity contribution in [3.63, 3.8) is 0 Å². The van der Waals surface area contributed by atoms with Gasteiger partial charge in [0.05, 0.1) is 6.54 Å². The molecule has 17 heavy (non-hydrogen) atoms. The standard InChI is InChI=1S/C11H11N3O3/c1-8-4-5-9(17-8)7-13-10-3-2-6-12-11(10)14(15)16/h2-6,13H,7H2,1H3. The second kappa shape index (κ2) is 4.65. The van der Waals surface area contributed by atoms with E-state index in [-0.39, 0.29) is 5.82 Å². The topological polar surface area (TPSA) is 81.2 Å². The van der Waals surface area contributed by atoms with Crippen molar-refractivity contribution in [1.29, 1.82) is 0 Å². The summed E-state index contributed by atoms with van der Waals surface area (Å²) in [5.41, 5.74) is 0.381. The fraction of sp³-hybridized carbons (Fsp3) is 0.182. The van der Waals surface area contributed by atoms with E-state index in [1.807, 2.05) is 19.1 Å². The van der Waals surface area contributed by atoms with E-state index >= 15 is 0 Å². The molecule has 2 heterocycles. The Morgan fingerprint density at radius 2 is 2.29 bits per heavy atom. The molecule has 0 bridgehead atoms. The molecular formula is C11H11N3O3. The van der Waals surface area contributed by atoms with Crippen LogP contribution < -0.4 is 5.32 Å². The Bertz CT molecular complexity index is 536. The lowest BCUT2D eigenvalue weighted by atomic mass is 10.3. The van der Waals surface area contributed by atoms with E-state index in [1.165, 1.54) is 6.20 Å². The van der Waals surface area contributed by atoms with Crippen molar-refractivity contribution in [2.75, 3.05) is 5.32 Å². The fourth-order valence-corrected chi connectivity index (χ4v) is 1.44. The second-order valence-electron chi connectivity index (χ2n) is 3.50. The summed E-state index contributed by atoms with van der Waals surface area (Å²) < 4.78 is 5.35. The first-order valence-electron chi connectivity index (χ1n) is 5.05. The molecular weight excluding hydrogens is 222 g/mol. The summed E-state index contributed by atoms with van der Waals surface area (Å²) in [6, 6.07) is 6.92. The van der Waals surface area contributed by atoms with E-state index in [4.69, 9.17) is 4.42 Å². The minimum atomic E-state index is -0.518. The SMILES string of the molecule is Cc1ccc(CNc2cccnc2[N+](=O)[O-])o1. The van der Waals surface area contributed by atoms with E-state index in [9.17, 15) is 10.1 Å². The number of nitro groups is 1. The normalized spacial score (nSPS) is 10.2. The predicted octanol–water partition coefficient (Wildman–Crippen LogP) is 2.50. The van der Waals surface area contributed by atoms with Gasteiger partial charge in [-0.15, -0.1) is 0 Å². The number of pyridine rings is 1. The Hall–Kier alpha value is -2.37. The Balaban J connectivity index is 2.11. The van der Waals surface area contributed by atoms with Crippen molar-refractivity contribution in [3.8, 4) is 0 Å². The van der Waals surface area contributed by atoms with Gasteiger partial charge in [-0.05, 0) is 41.1 Å². The average molecular weight is 233 g/mol. The minimum absolute atomic E-state index is 0.184. The zero-order valence-electron chi connectivity index (χ0n) is 9.21. The smallest absolute Gasteiger partial charge is 0.386 e. The number of hydrogen-bond acceptors (Lipinski definition) is 5. The summed E-state index contributed by atoms with van der Waals surface area (Å²) in [6.07, 6.45) is 1.39. The zero-order valence-corrected chi connectivity index (χ0v) is 9.21. The predicted molar refractivity (Wildman–Crippen MR) is 61.7 cm³/mol. The van der Waals surface area contributed by atoms with E-state index in [0.29, 0.717) is 12.2 Å². The van der Waals surface area contributed by atoms with Crippen LogP contribution in [0.5, 0.6) is 0 Å². The van der Waals surface area contributed by atoms with Gasteiger partial charge in [-0.1, -0.05) is 0 Å². The first-order chi connectivity index (χ1) is 8.16. The van der Waals surface area contributed by atoms with Crippen LogP contribution in [0.15, 0.2) is 34.9 Å². The van der Waals surface area contributed by atoms with Crippen LogP contribution in [0.25, 0.3) is 0 Å². The van der Waals surface area contributed by atoms with Crippen molar-refractivity contribution in [3.05, 3.63) is 52.1 Å². The first-order valence-corrected chi connectivity index (χ1v) is 5.05. The van der Waals surface area contributed by atoms with Crippen LogP contribution in [0.1, 0.15) is 11.5 Å². The second-order valence-corrected chi connectivity index (χ2v) is 3.50. The number of hydrogen-bond donors (Lipinski definition) is 1. The van der Waals surface area contributed by atoms with Gasteiger partial charge in [-0.2, -0.15) is 0 Å². The molecule has 88 valence electrons. The van der Waals surface area contributed by atoms with Gasteiger partial charge in [0.1, 0.15) is 23.4 Å². The Morgan fingerprint density at radius 1 is 1.47 bits per heavy atom. The summed E-state index contributed by atoms with van der Waals surface area (Å²) in [5, 5.41) is 13.6.